The number of pyridine rings is 1. The number of hydrogen-bond donors (Lipinski definition) is 2. The number of benzene rings is 2. The Kier molecular flexibility index (Phi) is 7.12. The molecule has 0 unspecified atom stereocenters. The van der Waals surface area contributed by atoms with Crippen molar-refractivity contribution in [3.63, 3.8) is 0 Å². The van der Waals surface area contributed by atoms with Crippen molar-refractivity contribution in [2.24, 2.45) is 0 Å². The summed E-state index contributed by atoms with van der Waals surface area (Å²) in [6, 6.07) is 23.6. The minimum absolute atomic E-state index is 0.0783. The number of halogens is 1. The molecule has 0 fully saturated rings. The van der Waals surface area contributed by atoms with Crippen LogP contribution in [0.15, 0.2) is 106 Å². The first-order valence-corrected chi connectivity index (χ1v) is 11.0. The maximum Gasteiger partial charge on any atom is 0.268 e. The lowest BCUT2D eigenvalue weighted by atomic mass is 10.2. The predicted molar refractivity (Wildman–Crippen MR) is 130 cm³/mol. The van der Waals surface area contributed by atoms with Crippen LogP contribution >= 0.6 is 15.9 Å². The van der Waals surface area contributed by atoms with Crippen molar-refractivity contribution in [3.05, 3.63) is 118 Å². The quantitative estimate of drug-likeness (QED) is 0.341. The van der Waals surface area contributed by atoms with E-state index in [9.17, 15) is 9.59 Å². The van der Waals surface area contributed by atoms with Crippen molar-refractivity contribution in [3.8, 4) is 11.3 Å². The second-order valence-electron chi connectivity index (χ2n) is 7.13. The Bertz CT molecular complexity index is 1270. The van der Waals surface area contributed by atoms with Gasteiger partial charge in [0.25, 0.3) is 11.8 Å². The molecule has 2 aromatic heterocycles. The first-order valence-electron chi connectivity index (χ1n) is 10.2. The summed E-state index contributed by atoms with van der Waals surface area (Å²) < 4.78 is 6.88. The molecule has 4 aromatic rings. The second-order valence-corrected chi connectivity index (χ2v) is 8.04. The summed E-state index contributed by atoms with van der Waals surface area (Å²) in [7, 11) is 0. The van der Waals surface area contributed by atoms with Crippen LogP contribution in [0.25, 0.3) is 17.4 Å². The zero-order chi connectivity index (χ0) is 23.0. The molecule has 33 heavy (non-hydrogen) atoms. The number of carbonyl (C=O) groups is 2. The van der Waals surface area contributed by atoms with Gasteiger partial charge in [-0.25, -0.2) is 0 Å². The summed E-state index contributed by atoms with van der Waals surface area (Å²) in [6.07, 6.45) is 4.83. The topological polar surface area (TPSA) is 84.2 Å². The lowest BCUT2D eigenvalue weighted by Crippen LogP contribution is -2.34. The summed E-state index contributed by atoms with van der Waals surface area (Å²) in [5, 5.41) is 5.53. The average Bonchev–Trinajstić information content (AvgIpc) is 3.32. The molecule has 2 amide bonds. The Balaban J connectivity index is 1.57. The Labute approximate surface area is 199 Å². The fourth-order valence-corrected chi connectivity index (χ4v) is 3.33. The lowest BCUT2D eigenvalue weighted by Gasteiger charge is -2.11. The van der Waals surface area contributed by atoms with Gasteiger partial charge in [-0.05, 0) is 54.1 Å². The molecule has 0 saturated carbocycles. The number of furan rings is 1. The molecular weight excluding hydrogens is 482 g/mol. The molecule has 164 valence electrons. The molecule has 4 rings (SSSR count). The molecule has 2 N–H and O–H groups in total. The molecule has 7 heteroatoms. The third-order valence-electron chi connectivity index (χ3n) is 4.77. The molecular formula is C26H20BrN3O3. The number of amides is 2. The lowest BCUT2D eigenvalue weighted by molar-refractivity contribution is -0.117. The maximum atomic E-state index is 12.9. The van der Waals surface area contributed by atoms with Crippen molar-refractivity contribution in [1.82, 2.24) is 15.6 Å². The Morgan fingerprint density at radius 1 is 0.909 bits per heavy atom. The maximum absolute atomic E-state index is 12.9. The molecule has 0 aliphatic carbocycles. The molecule has 2 aromatic carbocycles. The largest absolute Gasteiger partial charge is 0.457 e. The highest BCUT2D eigenvalue weighted by molar-refractivity contribution is 9.10. The number of aromatic nitrogens is 1. The van der Waals surface area contributed by atoms with Crippen LogP contribution in [0.1, 0.15) is 21.7 Å². The molecule has 0 aliphatic rings. The highest BCUT2D eigenvalue weighted by atomic mass is 79.9. The van der Waals surface area contributed by atoms with Crippen LogP contribution in [0.3, 0.4) is 0 Å². The third kappa shape index (κ3) is 6.05. The molecule has 0 bridgehead atoms. The van der Waals surface area contributed by atoms with Crippen LogP contribution < -0.4 is 10.6 Å². The Morgan fingerprint density at radius 3 is 2.36 bits per heavy atom. The van der Waals surface area contributed by atoms with E-state index in [1.807, 2.05) is 48.5 Å². The fourth-order valence-electron chi connectivity index (χ4n) is 3.06. The Morgan fingerprint density at radius 2 is 1.64 bits per heavy atom. The number of rotatable bonds is 7. The second kappa shape index (κ2) is 10.6. The van der Waals surface area contributed by atoms with Gasteiger partial charge < -0.3 is 15.1 Å². The van der Waals surface area contributed by atoms with E-state index in [2.05, 4.69) is 31.5 Å². The van der Waals surface area contributed by atoms with E-state index in [0.29, 0.717) is 23.6 Å². The van der Waals surface area contributed by atoms with Gasteiger partial charge >= 0.3 is 0 Å². The smallest absolute Gasteiger partial charge is 0.268 e. The van der Waals surface area contributed by atoms with Crippen LogP contribution in [0.4, 0.5) is 0 Å². The number of hydrogen-bond acceptors (Lipinski definition) is 4. The van der Waals surface area contributed by atoms with Gasteiger partial charge in [0.1, 0.15) is 17.2 Å². The molecule has 0 aliphatic heterocycles. The molecule has 0 saturated heterocycles. The van der Waals surface area contributed by atoms with E-state index >= 15 is 0 Å². The number of carbonyl (C=O) groups excluding carboxylic acids is 2. The summed E-state index contributed by atoms with van der Waals surface area (Å²) in [4.78, 5) is 29.6. The van der Waals surface area contributed by atoms with E-state index in [4.69, 9.17) is 4.42 Å². The summed E-state index contributed by atoms with van der Waals surface area (Å²) in [5.41, 5.74) is 2.31. The van der Waals surface area contributed by atoms with Crippen molar-refractivity contribution in [2.75, 3.05) is 0 Å². The zero-order valence-electron chi connectivity index (χ0n) is 17.5. The van der Waals surface area contributed by atoms with Crippen molar-refractivity contribution in [1.29, 1.82) is 0 Å². The zero-order valence-corrected chi connectivity index (χ0v) is 19.1. The molecule has 0 spiro atoms. The minimum atomic E-state index is -0.433. The van der Waals surface area contributed by atoms with E-state index in [0.717, 1.165) is 15.6 Å². The fraction of sp³-hybridized carbons (Fsp3) is 0.0385. The molecule has 2 heterocycles. The normalized spacial score (nSPS) is 11.1. The van der Waals surface area contributed by atoms with E-state index in [1.165, 1.54) is 6.08 Å². The SMILES string of the molecule is O=C(NCc1ccncc1)/C(=C\c1ccc(-c2ccc(Br)cc2)o1)NC(=O)c1ccccc1. The summed E-state index contributed by atoms with van der Waals surface area (Å²) >= 11 is 3.42. The minimum Gasteiger partial charge on any atom is -0.457 e. The van der Waals surface area contributed by atoms with Gasteiger partial charge in [0, 0.05) is 40.6 Å². The van der Waals surface area contributed by atoms with Gasteiger partial charge in [-0.3, -0.25) is 14.6 Å². The number of nitrogens with zero attached hydrogens (tertiary/aromatic N) is 1. The van der Waals surface area contributed by atoms with E-state index < -0.39 is 5.91 Å². The monoisotopic (exact) mass is 501 g/mol. The van der Waals surface area contributed by atoms with E-state index in [-0.39, 0.29) is 11.6 Å². The van der Waals surface area contributed by atoms with Gasteiger partial charge in [0.15, 0.2) is 0 Å². The van der Waals surface area contributed by atoms with Crippen molar-refractivity contribution < 1.29 is 14.0 Å². The molecule has 6 nitrogen and oxygen atoms in total. The standard InChI is InChI=1S/C26H20BrN3O3/c27-21-8-6-19(7-9-21)24-11-10-22(33-24)16-23(30-25(31)20-4-2-1-3-5-20)26(32)29-17-18-12-14-28-15-13-18/h1-16H,17H2,(H,29,32)(H,30,31)/b23-16+. The van der Waals surface area contributed by atoms with Gasteiger partial charge in [-0.1, -0.05) is 46.3 Å². The Hall–Kier alpha value is -3.97. The van der Waals surface area contributed by atoms with Gasteiger partial charge in [0.05, 0.1) is 0 Å². The van der Waals surface area contributed by atoms with Crippen molar-refractivity contribution in [2.45, 2.75) is 6.54 Å². The third-order valence-corrected chi connectivity index (χ3v) is 5.30. The first kappa shape index (κ1) is 22.2. The van der Waals surface area contributed by atoms with Crippen LogP contribution in [0.5, 0.6) is 0 Å². The highest BCUT2D eigenvalue weighted by Gasteiger charge is 2.16. The average molecular weight is 502 g/mol. The molecule has 0 radical (unpaired) electrons. The van der Waals surface area contributed by atoms with Crippen LogP contribution in [0.2, 0.25) is 0 Å². The van der Waals surface area contributed by atoms with Gasteiger partial charge in [0.2, 0.25) is 0 Å². The van der Waals surface area contributed by atoms with Crippen LogP contribution in [-0.2, 0) is 11.3 Å². The van der Waals surface area contributed by atoms with Gasteiger partial charge in [-0.15, -0.1) is 0 Å². The number of nitrogens with one attached hydrogen (secondary N) is 2. The van der Waals surface area contributed by atoms with E-state index in [1.54, 1.807) is 42.7 Å². The van der Waals surface area contributed by atoms with Gasteiger partial charge in [-0.2, -0.15) is 0 Å². The summed E-state index contributed by atoms with van der Waals surface area (Å²) in [6.45, 7) is 0.294. The highest BCUT2D eigenvalue weighted by Crippen LogP contribution is 2.25. The van der Waals surface area contributed by atoms with Crippen LogP contribution in [0, 0.1) is 0 Å². The molecule has 0 atom stereocenters. The predicted octanol–water partition coefficient (Wildman–Crippen LogP) is 5.19. The summed E-state index contributed by atoms with van der Waals surface area (Å²) in [5.74, 6) is 0.272. The first-order chi connectivity index (χ1) is 16.1. The van der Waals surface area contributed by atoms with Crippen molar-refractivity contribution >= 4 is 33.8 Å². The van der Waals surface area contributed by atoms with Crippen LogP contribution in [-0.4, -0.2) is 16.8 Å².